The third-order valence-corrected chi connectivity index (χ3v) is 2.79. The lowest BCUT2D eigenvalue weighted by Gasteiger charge is -2.00. The Morgan fingerprint density at radius 1 is 0.947 bits per heavy atom. The van der Waals surface area contributed by atoms with Gasteiger partial charge in [0.15, 0.2) is 0 Å². The van der Waals surface area contributed by atoms with Crippen LogP contribution in [0.2, 0.25) is 0 Å². The van der Waals surface area contributed by atoms with E-state index in [4.69, 9.17) is 10.2 Å². The van der Waals surface area contributed by atoms with Gasteiger partial charge in [0, 0.05) is 13.5 Å². The molecular formula is C15H32O4. The summed E-state index contributed by atoms with van der Waals surface area (Å²) in [4.78, 5) is 10.2. The van der Waals surface area contributed by atoms with Crippen LogP contribution in [0.1, 0.15) is 71.1 Å². The number of hydrogen-bond donors (Lipinski definition) is 2. The second-order valence-corrected chi connectivity index (χ2v) is 4.69. The highest BCUT2D eigenvalue weighted by molar-refractivity contribution is 5.66. The van der Waals surface area contributed by atoms with Gasteiger partial charge in [-0.3, -0.25) is 4.79 Å². The van der Waals surface area contributed by atoms with Gasteiger partial charge < -0.3 is 14.9 Å². The van der Waals surface area contributed by atoms with Crippen molar-refractivity contribution in [3.8, 4) is 0 Å². The van der Waals surface area contributed by atoms with Crippen LogP contribution in [-0.2, 0) is 9.53 Å². The van der Waals surface area contributed by atoms with Crippen LogP contribution < -0.4 is 0 Å². The number of carboxylic acids is 1. The molecule has 2 N–H and O–H groups in total. The molecule has 0 saturated heterocycles. The topological polar surface area (TPSA) is 66.8 Å². The Bertz CT molecular complexity index is 170. The quantitative estimate of drug-likeness (QED) is 0.534. The third kappa shape index (κ3) is 26.8. The molecule has 0 fully saturated rings. The van der Waals surface area contributed by atoms with Crippen molar-refractivity contribution >= 4 is 5.97 Å². The number of unbranched alkanes of at least 4 members (excludes halogenated alkanes) is 8. The maximum absolute atomic E-state index is 10.2. The van der Waals surface area contributed by atoms with Crippen molar-refractivity contribution in [2.75, 3.05) is 20.3 Å². The van der Waals surface area contributed by atoms with Crippen LogP contribution >= 0.6 is 0 Å². The van der Waals surface area contributed by atoms with E-state index in [9.17, 15) is 4.79 Å². The lowest BCUT2D eigenvalue weighted by Crippen LogP contribution is -1.93. The van der Waals surface area contributed by atoms with Gasteiger partial charge in [-0.25, -0.2) is 0 Å². The second kappa shape index (κ2) is 19.7. The van der Waals surface area contributed by atoms with Crippen LogP contribution in [0.5, 0.6) is 0 Å². The molecule has 0 heterocycles. The van der Waals surface area contributed by atoms with Crippen molar-refractivity contribution < 1.29 is 19.7 Å². The van der Waals surface area contributed by atoms with Gasteiger partial charge in [-0.1, -0.05) is 58.3 Å². The number of carbonyl (C=O) groups is 1. The number of aliphatic carboxylic acids is 1. The molecule has 0 radical (unpaired) electrons. The smallest absolute Gasteiger partial charge is 0.303 e. The van der Waals surface area contributed by atoms with Crippen molar-refractivity contribution in [2.45, 2.75) is 71.1 Å². The van der Waals surface area contributed by atoms with E-state index in [0.717, 1.165) is 12.8 Å². The average Bonchev–Trinajstić information content (AvgIpc) is 2.38. The highest BCUT2D eigenvalue weighted by Crippen LogP contribution is 2.10. The van der Waals surface area contributed by atoms with Crippen molar-refractivity contribution in [3.63, 3.8) is 0 Å². The van der Waals surface area contributed by atoms with Gasteiger partial charge in [0.2, 0.25) is 0 Å². The highest BCUT2D eigenvalue weighted by Gasteiger charge is 1.96. The summed E-state index contributed by atoms with van der Waals surface area (Å²) in [6.45, 7) is 2.79. The first-order chi connectivity index (χ1) is 9.18. The van der Waals surface area contributed by atoms with Crippen LogP contribution in [0, 0.1) is 0 Å². The van der Waals surface area contributed by atoms with Gasteiger partial charge >= 0.3 is 5.97 Å². The summed E-state index contributed by atoms with van der Waals surface area (Å²) >= 11 is 0. The summed E-state index contributed by atoms with van der Waals surface area (Å²) < 4.78 is 4.44. The molecule has 0 aromatic carbocycles. The average molecular weight is 276 g/mol. The summed E-state index contributed by atoms with van der Waals surface area (Å²) in [7, 11) is 1.55. The van der Waals surface area contributed by atoms with Crippen LogP contribution in [0.4, 0.5) is 0 Å². The molecule has 0 amide bonds. The predicted octanol–water partition coefficient (Wildman–Crippen LogP) is 3.62. The lowest BCUT2D eigenvalue weighted by atomic mass is 10.1. The molecule has 0 bridgehead atoms. The second-order valence-electron chi connectivity index (χ2n) is 4.69. The maximum Gasteiger partial charge on any atom is 0.303 e. The number of hydrogen-bond acceptors (Lipinski definition) is 3. The van der Waals surface area contributed by atoms with E-state index in [1.54, 1.807) is 7.11 Å². The zero-order valence-corrected chi connectivity index (χ0v) is 12.7. The van der Waals surface area contributed by atoms with E-state index >= 15 is 0 Å². The molecule has 0 rings (SSSR count). The van der Waals surface area contributed by atoms with Crippen molar-refractivity contribution in [1.29, 1.82) is 0 Å². The predicted molar refractivity (Wildman–Crippen MR) is 78.4 cm³/mol. The highest BCUT2D eigenvalue weighted by atomic mass is 16.5. The number of aliphatic hydroxyl groups excluding tert-OH is 1. The van der Waals surface area contributed by atoms with Gasteiger partial charge in [0.1, 0.15) is 0 Å². The normalized spacial score (nSPS) is 9.84. The van der Waals surface area contributed by atoms with Crippen LogP contribution in [0.25, 0.3) is 0 Å². The molecule has 4 heteroatoms. The number of aliphatic hydroxyl groups is 1. The molecule has 19 heavy (non-hydrogen) atoms. The van der Waals surface area contributed by atoms with Gasteiger partial charge in [0.05, 0.1) is 13.2 Å². The summed E-state index contributed by atoms with van der Waals surface area (Å²) in [5, 5.41) is 16.4. The first-order valence-corrected chi connectivity index (χ1v) is 7.50. The fraction of sp³-hybridized carbons (Fsp3) is 0.933. The maximum atomic E-state index is 10.2. The van der Waals surface area contributed by atoms with Gasteiger partial charge in [-0.05, 0) is 6.42 Å². The largest absolute Gasteiger partial charge is 0.481 e. The van der Waals surface area contributed by atoms with E-state index in [-0.39, 0.29) is 6.61 Å². The van der Waals surface area contributed by atoms with E-state index in [0.29, 0.717) is 13.0 Å². The molecule has 0 aliphatic heterocycles. The lowest BCUT2D eigenvalue weighted by molar-refractivity contribution is -0.137. The van der Waals surface area contributed by atoms with Crippen LogP contribution in [-0.4, -0.2) is 36.5 Å². The standard InChI is InChI=1S/C12H24O2.C3H8O2/c1-2-3-4-5-6-7-8-9-10-11-12(13)14;1-5-3-2-4/h2-11H2,1H3,(H,13,14);4H,2-3H2,1H3. The minimum absolute atomic E-state index is 0.122. The van der Waals surface area contributed by atoms with E-state index < -0.39 is 5.97 Å². The van der Waals surface area contributed by atoms with Crippen molar-refractivity contribution in [1.82, 2.24) is 0 Å². The fourth-order valence-electron chi connectivity index (χ4n) is 1.68. The molecule has 4 nitrogen and oxygen atoms in total. The molecule has 0 atom stereocenters. The molecule has 0 aromatic rings. The Morgan fingerprint density at radius 3 is 1.74 bits per heavy atom. The Balaban J connectivity index is 0. The summed E-state index contributed by atoms with van der Waals surface area (Å²) in [6.07, 6.45) is 11.5. The third-order valence-electron chi connectivity index (χ3n) is 2.79. The van der Waals surface area contributed by atoms with Gasteiger partial charge in [-0.15, -0.1) is 0 Å². The SMILES string of the molecule is CCCCCCCCCCCC(=O)O.COCCO. The molecule has 0 aromatic heterocycles. The monoisotopic (exact) mass is 276 g/mol. The van der Waals surface area contributed by atoms with Crippen LogP contribution in [0.15, 0.2) is 0 Å². The van der Waals surface area contributed by atoms with Gasteiger partial charge in [-0.2, -0.15) is 0 Å². The summed E-state index contributed by atoms with van der Waals surface area (Å²) in [6, 6.07) is 0. The van der Waals surface area contributed by atoms with Crippen molar-refractivity contribution in [2.24, 2.45) is 0 Å². The first kappa shape index (κ1) is 20.7. The zero-order valence-electron chi connectivity index (χ0n) is 12.7. The number of methoxy groups -OCH3 is 1. The first-order valence-electron chi connectivity index (χ1n) is 7.50. The zero-order chi connectivity index (χ0) is 14.8. The minimum atomic E-state index is -0.659. The van der Waals surface area contributed by atoms with E-state index in [1.165, 1.54) is 44.9 Å². The molecule has 0 aliphatic rings. The fourth-order valence-corrected chi connectivity index (χ4v) is 1.68. The summed E-state index contributed by atoms with van der Waals surface area (Å²) in [5.41, 5.74) is 0. The molecular weight excluding hydrogens is 244 g/mol. The van der Waals surface area contributed by atoms with Gasteiger partial charge in [0.25, 0.3) is 0 Å². The molecule has 0 saturated carbocycles. The molecule has 0 spiro atoms. The Hall–Kier alpha value is -0.610. The molecule has 0 unspecified atom stereocenters. The minimum Gasteiger partial charge on any atom is -0.481 e. The van der Waals surface area contributed by atoms with E-state index in [1.807, 2.05) is 0 Å². The molecule has 0 aliphatic carbocycles. The molecule has 116 valence electrons. The Labute approximate surface area is 118 Å². The van der Waals surface area contributed by atoms with Crippen molar-refractivity contribution in [3.05, 3.63) is 0 Å². The van der Waals surface area contributed by atoms with Crippen LogP contribution in [0.3, 0.4) is 0 Å². The van der Waals surface area contributed by atoms with E-state index in [2.05, 4.69) is 11.7 Å². The number of ether oxygens (including phenoxy) is 1. The number of rotatable bonds is 12. The Morgan fingerprint density at radius 2 is 1.42 bits per heavy atom. The Kier molecular flexibility index (Phi) is 21.5. The number of carboxylic acid groups (broad SMARTS) is 1. The summed E-state index contributed by atoms with van der Waals surface area (Å²) in [5.74, 6) is -0.659.